The molecule has 7 heteroatoms. The number of rotatable bonds is 0. The van der Waals surface area contributed by atoms with E-state index in [1.807, 2.05) is 0 Å². The second-order valence-corrected chi connectivity index (χ2v) is 0. The van der Waals surface area contributed by atoms with E-state index in [0.717, 1.165) is 0 Å². The van der Waals surface area contributed by atoms with Crippen molar-refractivity contribution in [2.45, 2.75) is 0 Å². The predicted octanol–water partition coefficient (Wildman–Crippen LogP) is -2.65. The molecule has 0 spiro atoms. The molecule has 0 aromatic carbocycles. The molecule has 0 fully saturated rings. The summed E-state index contributed by atoms with van der Waals surface area (Å²) in [6.07, 6.45) is 0. The van der Waals surface area contributed by atoms with Crippen molar-refractivity contribution in [3.05, 3.63) is 0 Å². The molecule has 0 unspecified atom stereocenters. The van der Waals surface area contributed by atoms with Crippen LogP contribution in [0.15, 0.2) is 0 Å². The first kappa shape index (κ1) is 75.0. The average Bonchev–Trinajstić information content (AvgIpc) is 0. The van der Waals surface area contributed by atoms with Gasteiger partial charge < -0.3 is 0 Å². The maximum absolute atomic E-state index is 0. The summed E-state index contributed by atoms with van der Waals surface area (Å²) in [7, 11) is 0. The molecule has 0 aromatic heterocycles. The molecule has 0 nitrogen and oxygen atoms in total. The molecular weight excluding hydrogens is 346 g/mol. The van der Waals surface area contributed by atoms with Crippen molar-refractivity contribution in [3.8, 4) is 0 Å². The fourth-order valence-corrected chi connectivity index (χ4v) is 0. The summed E-state index contributed by atoms with van der Waals surface area (Å²) in [6, 6.07) is 0. The molecular formula is H7AlCuMnNiSiTiZn. The molecule has 0 heterocycles. The molecule has 0 aliphatic rings. The van der Waals surface area contributed by atoms with Gasteiger partial charge in [0.25, 0.3) is 0 Å². The van der Waals surface area contributed by atoms with E-state index in [9.17, 15) is 0 Å². The summed E-state index contributed by atoms with van der Waals surface area (Å²) < 4.78 is 0. The van der Waals surface area contributed by atoms with Crippen LogP contribution in [0.2, 0.25) is 0 Å². The molecule has 0 aliphatic heterocycles. The van der Waals surface area contributed by atoms with Crippen LogP contribution in [0.25, 0.3) is 0 Å². The van der Waals surface area contributed by atoms with E-state index >= 15 is 0 Å². The molecule has 0 aliphatic carbocycles. The van der Waals surface area contributed by atoms with Crippen molar-refractivity contribution in [1.82, 2.24) is 0 Å². The van der Waals surface area contributed by atoms with Crippen LogP contribution >= 0.6 is 0 Å². The first-order valence-corrected chi connectivity index (χ1v) is 0. The summed E-state index contributed by atoms with van der Waals surface area (Å²) in [5.41, 5.74) is 0. The first-order valence-electron chi connectivity index (χ1n) is 0. The third-order valence-corrected chi connectivity index (χ3v) is 0. The summed E-state index contributed by atoms with van der Waals surface area (Å²) >= 11 is 0. The fraction of sp³-hybridized carbons (Fsp3) is 0. The Labute approximate surface area is 118 Å². The average molecular weight is 353 g/mol. The van der Waals surface area contributed by atoms with Gasteiger partial charge in [-0.05, 0) is 11.0 Å². The van der Waals surface area contributed by atoms with Gasteiger partial charge in [0.2, 0.25) is 0 Å². The third-order valence-electron chi connectivity index (χ3n) is 0. The predicted molar refractivity (Wildman–Crippen MR) is 21.3 cm³/mol. The Balaban J connectivity index is 0. The van der Waals surface area contributed by atoms with Crippen LogP contribution in [0, 0.1) is 0 Å². The van der Waals surface area contributed by atoms with E-state index in [4.69, 9.17) is 0 Å². The monoisotopic (exact) mass is 350 g/mol. The van der Waals surface area contributed by atoms with E-state index < -0.39 is 0 Å². The molecule has 0 saturated heterocycles. The van der Waals surface area contributed by atoms with Gasteiger partial charge >= 0.3 is 0 Å². The molecule has 0 rings (SSSR count). The Morgan fingerprint density at radius 2 is 1.00 bits per heavy atom. The minimum Gasteiger partial charge on any atom is -0.0149 e. The van der Waals surface area contributed by atoms with Gasteiger partial charge in [0.1, 0.15) is 0 Å². The van der Waals surface area contributed by atoms with Crippen LogP contribution in [0.1, 0.15) is 0 Å². The van der Waals surface area contributed by atoms with Crippen molar-refractivity contribution in [2.24, 2.45) is 0 Å². The maximum Gasteiger partial charge on any atom is 0.187 e. The largest absolute Gasteiger partial charge is 0.187 e. The minimum absolute atomic E-state index is 0. The molecule has 0 aromatic rings. The van der Waals surface area contributed by atoms with Gasteiger partial charge in [-0.25, -0.2) is 0 Å². The van der Waals surface area contributed by atoms with E-state index in [1.165, 1.54) is 0 Å². The summed E-state index contributed by atoms with van der Waals surface area (Å²) in [5.74, 6) is 0. The molecule has 0 N–H and O–H groups in total. The van der Waals surface area contributed by atoms with Crippen molar-refractivity contribution in [3.63, 3.8) is 0 Å². The molecule has 0 saturated carbocycles. The molecule has 7 heavy (non-hydrogen) atoms. The zero-order chi connectivity index (χ0) is 0. The van der Waals surface area contributed by atoms with Gasteiger partial charge in [-0.15, -0.1) is 0 Å². The van der Waals surface area contributed by atoms with Crippen LogP contribution < -0.4 is 0 Å². The van der Waals surface area contributed by atoms with Crippen LogP contribution in [0.4, 0.5) is 0 Å². The summed E-state index contributed by atoms with van der Waals surface area (Å²) in [6.45, 7) is 0. The van der Waals surface area contributed by atoms with Crippen molar-refractivity contribution < 1.29 is 91.8 Å². The summed E-state index contributed by atoms with van der Waals surface area (Å²) in [4.78, 5) is 0. The van der Waals surface area contributed by atoms with Gasteiger partial charge in [-0.3, -0.25) is 0 Å². The van der Waals surface area contributed by atoms with Crippen molar-refractivity contribution >= 4 is 28.3 Å². The SMILES string of the molecule is [AlH3].[Cu].[Mn].[Ni].[SiH4].[Ti].[Zn]. The zero-order valence-corrected chi connectivity index (χ0v) is 9.84. The van der Waals surface area contributed by atoms with Crippen LogP contribution in [0.3, 0.4) is 0 Å². The Morgan fingerprint density at radius 1 is 1.00 bits per heavy atom. The van der Waals surface area contributed by atoms with Crippen LogP contribution in [-0.4, -0.2) is 28.3 Å². The second-order valence-electron chi connectivity index (χ2n) is 0. The van der Waals surface area contributed by atoms with E-state index in [2.05, 4.69) is 0 Å². The zero-order valence-electron chi connectivity index (χ0n) is 2.20. The van der Waals surface area contributed by atoms with Gasteiger partial charge in [0.15, 0.2) is 17.4 Å². The first-order chi connectivity index (χ1) is 0. The Kier molecular flexibility index (Phi) is 585. The van der Waals surface area contributed by atoms with E-state index in [0.29, 0.717) is 0 Å². The van der Waals surface area contributed by atoms with Crippen LogP contribution in [0.5, 0.6) is 0 Å². The van der Waals surface area contributed by atoms with E-state index in [1.54, 1.807) is 0 Å². The topological polar surface area (TPSA) is 0 Å². The summed E-state index contributed by atoms with van der Waals surface area (Å²) in [5, 5.41) is 0. The van der Waals surface area contributed by atoms with E-state index in [-0.39, 0.29) is 120 Å². The normalized spacial score (nSPS) is 0. The number of hydrogen-bond donors (Lipinski definition) is 0. The van der Waals surface area contributed by atoms with Gasteiger partial charge in [0, 0.05) is 91.8 Å². The van der Waals surface area contributed by atoms with Gasteiger partial charge in [0.05, 0.1) is 0 Å². The van der Waals surface area contributed by atoms with Gasteiger partial charge in [-0.1, -0.05) is 0 Å². The van der Waals surface area contributed by atoms with Gasteiger partial charge in [-0.2, -0.15) is 0 Å². The maximum atomic E-state index is 0. The molecule has 0 atom stereocenters. The second kappa shape index (κ2) is 54.6. The molecule has 0 amide bonds. The smallest absolute Gasteiger partial charge is 0.0149 e. The standard InChI is InChI=1S/Al.Cu.Mn.Ni.H4Si.Ti.Zn.3H/h;;;;1H4;;;;;. The van der Waals surface area contributed by atoms with Crippen molar-refractivity contribution in [2.75, 3.05) is 0 Å². The quantitative estimate of drug-likeness (QED) is 0.418. The van der Waals surface area contributed by atoms with Crippen LogP contribution in [-0.2, 0) is 91.8 Å². The molecule has 0 bridgehead atoms. The number of hydrogen-bond acceptors (Lipinski definition) is 0. The van der Waals surface area contributed by atoms with Crippen molar-refractivity contribution in [1.29, 1.82) is 0 Å². The fourth-order valence-electron chi connectivity index (χ4n) is 0. The Hall–Kier alpha value is 3.62. The minimum atomic E-state index is 0. The Morgan fingerprint density at radius 3 is 1.00 bits per heavy atom. The molecule has 48 valence electrons. The third kappa shape index (κ3) is 42.6. The molecule has 2 radical (unpaired) electrons. The Bertz CT molecular complexity index is 19.7.